The van der Waals surface area contributed by atoms with Gasteiger partial charge in [-0.05, 0) is 37.1 Å². The molecule has 7 heteroatoms. The van der Waals surface area contributed by atoms with Crippen molar-refractivity contribution in [1.29, 1.82) is 0 Å². The van der Waals surface area contributed by atoms with E-state index in [2.05, 4.69) is 4.72 Å². The minimum Gasteiger partial charge on any atom is -0.365 e. The Morgan fingerprint density at radius 1 is 1.11 bits per heavy atom. The summed E-state index contributed by atoms with van der Waals surface area (Å²) in [4.78, 5) is 13.8. The second kappa shape index (κ2) is 8.21. The summed E-state index contributed by atoms with van der Waals surface area (Å²) < 4.78 is 32.8. The Hall–Kier alpha value is -2.22. The van der Waals surface area contributed by atoms with Crippen molar-refractivity contribution in [3.8, 4) is 0 Å². The molecular weight excluding hydrogens is 364 g/mol. The van der Waals surface area contributed by atoms with Gasteiger partial charge in [-0.2, -0.15) is 0 Å². The van der Waals surface area contributed by atoms with Crippen LogP contribution in [0.25, 0.3) is 0 Å². The van der Waals surface area contributed by atoms with Crippen LogP contribution >= 0.6 is 0 Å². The van der Waals surface area contributed by atoms with Crippen LogP contribution in [0.15, 0.2) is 48.5 Å². The summed E-state index contributed by atoms with van der Waals surface area (Å²) in [6.07, 6.45) is -0.393. The lowest BCUT2D eigenvalue weighted by atomic mass is 10.2. The third-order valence-electron chi connectivity index (χ3n) is 4.45. The number of rotatable bonds is 6. The molecule has 2 aromatic rings. The molecule has 1 aliphatic rings. The zero-order valence-electron chi connectivity index (χ0n) is 15.5. The van der Waals surface area contributed by atoms with Crippen LogP contribution in [0, 0.1) is 13.8 Å². The number of carbonyl (C=O) groups excluding carboxylic acids is 1. The van der Waals surface area contributed by atoms with E-state index in [1.54, 1.807) is 4.90 Å². The zero-order chi connectivity index (χ0) is 19.4. The Morgan fingerprint density at radius 2 is 1.85 bits per heavy atom. The van der Waals surface area contributed by atoms with E-state index in [0.29, 0.717) is 6.54 Å². The highest BCUT2D eigenvalue weighted by atomic mass is 32.2. The molecule has 0 radical (unpaired) electrons. The van der Waals surface area contributed by atoms with E-state index >= 15 is 0 Å². The van der Waals surface area contributed by atoms with E-state index in [0.717, 1.165) is 22.4 Å². The maximum atomic E-state index is 12.3. The molecule has 1 N–H and O–H groups in total. The summed E-state index contributed by atoms with van der Waals surface area (Å²) in [7, 11) is -3.48. The molecule has 0 saturated carbocycles. The fourth-order valence-corrected chi connectivity index (χ4v) is 4.14. The second-order valence-electron chi connectivity index (χ2n) is 6.87. The standard InChI is InChI=1S/C20H24N2O4S/c1-15-6-8-17(9-7-15)14-27(24,25)21-11-19-12-22(20(23)13-26-19)18-5-3-4-16(2)10-18/h3-10,19,21H,11-14H2,1-2H3. The monoisotopic (exact) mass is 388 g/mol. The van der Waals surface area contributed by atoms with Gasteiger partial charge in [0, 0.05) is 12.2 Å². The zero-order valence-corrected chi connectivity index (χ0v) is 16.3. The topological polar surface area (TPSA) is 75.7 Å². The SMILES string of the molecule is Cc1ccc(CS(=O)(=O)NCC2CN(c3cccc(C)c3)C(=O)CO2)cc1. The molecule has 1 amide bonds. The van der Waals surface area contributed by atoms with Crippen LogP contribution in [0.3, 0.4) is 0 Å². The third-order valence-corrected chi connectivity index (χ3v) is 5.77. The molecule has 27 heavy (non-hydrogen) atoms. The molecule has 1 fully saturated rings. The molecule has 0 aliphatic carbocycles. The number of aryl methyl sites for hydroxylation is 2. The predicted octanol–water partition coefficient (Wildman–Crippen LogP) is 2.15. The van der Waals surface area contributed by atoms with E-state index in [4.69, 9.17) is 4.74 Å². The maximum absolute atomic E-state index is 12.3. The minimum atomic E-state index is -3.48. The molecule has 1 aliphatic heterocycles. The number of anilines is 1. The number of morpholine rings is 1. The lowest BCUT2D eigenvalue weighted by Crippen LogP contribution is -2.50. The van der Waals surface area contributed by atoms with Gasteiger partial charge >= 0.3 is 0 Å². The molecule has 2 aromatic carbocycles. The van der Waals surface area contributed by atoms with Crippen molar-refractivity contribution in [1.82, 2.24) is 4.72 Å². The highest BCUT2D eigenvalue weighted by molar-refractivity contribution is 7.88. The number of nitrogens with zero attached hydrogens (tertiary/aromatic N) is 1. The molecule has 1 unspecified atom stereocenters. The van der Waals surface area contributed by atoms with Crippen LogP contribution in [-0.2, 0) is 25.3 Å². The van der Waals surface area contributed by atoms with E-state index in [1.807, 2.05) is 62.4 Å². The molecule has 1 saturated heterocycles. The van der Waals surface area contributed by atoms with Crippen molar-refractivity contribution >= 4 is 21.6 Å². The van der Waals surface area contributed by atoms with Crippen molar-refractivity contribution in [3.05, 3.63) is 65.2 Å². The molecule has 144 valence electrons. The van der Waals surface area contributed by atoms with Gasteiger partial charge in [0.2, 0.25) is 10.0 Å². The summed E-state index contributed by atoms with van der Waals surface area (Å²) in [5, 5.41) is 0. The van der Waals surface area contributed by atoms with Crippen LogP contribution in [0.5, 0.6) is 0 Å². The first-order chi connectivity index (χ1) is 12.8. The predicted molar refractivity (Wildman–Crippen MR) is 105 cm³/mol. The summed E-state index contributed by atoms with van der Waals surface area (Å²) in [5.74, 6) is -0.208. The normalized spacial score (nSPS) is 17.9. The fraction of sp³-hybridized carbons (Fsp3) is 0.350. The first kappa shape index (κ1) is 19.5. The number of hydrogen-bond acceptors (Lipinski definition) is 4. The average Bonchev–Trinajstić information content (AvgIpc) is 2.63. The van der Waals surface area contributed by atoms with Crippen LogP contribution in [0.1, 0.15) is 16.7 Å². The fourth-order valence-electron chi connectivity index (χ4n) is 2.97. The first-order valence-electron chi connectivity index (χ1n) is 8.84. The molecule has 0 aromatic heterocycles. The molecular formula is C20H24N2O4S. The van der Waals surface area contributed by atoms with Crippen LogP contribution in [0.4, 0.5) is 5.69 Å². The smallest absolute Gasteiger partial charge is 0.253 e. The molecule has 1 atom stereocenters. The summed E-state index contributed by atoms with van der Waals surface area (Å²) in [5.41, 5.74) is 3.67. The number of carbonyl (C=O) groups is 1. The summed E-state index contributed by atoms with van der Waals surface area (Å²) in [6.45, 7) is 4.31. The molecule has 0 spiro atoms. The highest BCUT2D eigenvalue weighted by Gasteiger charge is 2.28. The van der Waals surface area contributed by atoms with Crippen molar-refractivity contribution in [2.45, 2.75) is 25.7 Å². The largest absolute Gasteiger partial charge is 0.365 e. The summed E-state index contributed by atoms with van der Waals surface area (Å²) in [6, 6.07) is 15.1. The molecule has 3 rings (SSSR count). The van der Waals surface area contributed by atoms with Gasteiger partial charge in [0.15, 0.2) is 0 Å². The quantitative estimate of drug-likeness (QED) is 0.823. The van der Waals surface area contributed by atoms with Crippen molar-refractivity contribution in [2.75, 3.05) is 24.6 Å². The molecule has 1 heterocycles. The third kappa shape index (κ3) is 5.38. The van der Waals surface area contributed by atoms with Gasteiger partial charge in [-0.1, -0.05) is 42.0 Å². The Bertz CT molecular complexity index is 910. The Balaban J connectivity index is 1.60. The highest BCUT2D eigenvalue weighted by Crippen LogP contribution is 2.20. The van der Waals surface area contributed by atoms with Gasteiger partial charge in [0.1, 0.15) is 6.61 Å². The van der Waals surface area contributed by atoms with Gasteiger partial charge < -0.3 is 9.64 Å². The number of amides is 1. The van der Waals surface area contributed by atoms with Gasteiger partial charge in [-0.3, -0.25) is 4.79 Å². The van der Waals surface area contributed by atoms with Crippen LogP contribution in [-0.4, -0.2) is 40.1 Å². The van der Waals surface area contributed by atoms with Gasteiger partial charge in [0.25, 0.3) is 5.91 Å². The van der Waals surface area contributed by atoms with Gasteiger partial charge in [-0.15, -0.1) is 0 Å². The Morgan fingerprint density at radius 3 is 2.56 bits per heavy atom. The number of hydrogen-bond donors (Lipinski definition) is 1. The minimum absolute atomic E-state index is 0.0572. The number of ether oxygens (including phenoxy) is 1. The maximum Gasteiger partial charge on any atom is 0.253 e. The lowest BCUT2D eigenvalue weighted by Gasteiger charge is -2.33. The number of nitrogens with one attached hydrogen (secondary N) is 1. The first-order valence-corrected chi connectivity index (χ1v) is 10.5. The second-order valence-corrected chi connectivity index (χ2v) is 8.68. The van der Waals surface area contributed by atoms with Crippen LogP contribution in [0.2, 0.25) is 0 Å². The van der Waals surface area contributed by atoms with Gasteiger partial charge in [0.05, 0.1) is 18.4 Å². The number of benzene rings is 2. The number of sulfonamides is 1. The van der Waals surface area contributed by atoms with E-state index in [1.165, 1.54) is 0 Å². The van der Waals surface area contributed by atoms with Crippen LogP contribution < -0.4 is 9.62 Å². The van der Waals surface area contributed by atoms with E-state index in [9.17, 15) is 13.2 Å². The van der Waals surface area contributed by atoms with E-state index < -0.39 is 16.1 Å². The average molecular weight is 388 g/mol. The van der Waals surface area contributed by atoms with Gasteiger partial charge in [-0.25, -0.2) is 13.1 Å². The Labute approximate surface area is 160 Å². The lowest BCUT2D eigenvalue weighted by molar-refractivity contribution is -0.129. The van der Waals surface area contributed by atoms with Crippen molar-refractivity contribution < 1.29 is 17.9 Å². The van der Waals surface area contributed by atoms with Crippen molar-refractivity contribution in [2.24, 2.45) is 0 Å². The summed E-state index contributed by atoms with van der Waals surface area (Å²) >= 11 is 0. The van der Waals surface area contributed by atoms with E-state index in [-0.39, 0.29) is 24.8 Å². The molecule has 6 nitrogen and oxygen atoms in total. The Kier molecular flexibility index (Phi) is 5.94. The molecule has 0 bridgehead atoms. The van der Waals surface area contributed by atoms with Crippen molar-refractivity contribution in [3.63, 3.8) is 0 Å².